The molecule has 0 aliphatic rings. The van der Waals surface area contributed by atoms with Crippen molar-refractivity contribution in [1.29, 1.82) is 0 Å². The number of nitrogens with one attached hydrogen (secondary N) is 1. The van der Waals surface area contributed by atoms with E-state index >= 15 is 0 Å². The molecular formula is C19H23FN2O2S. The Morgan fingerprint density at radius 2 is 2.12 bits per heavy atom. The summed E-state index contributed by atoms with van der Waals surface area (Å²) in [6.07, 6.45) is 9.26. The molecule has 0 saturated carbocycles. The van der Waals surface area contributed by atoms with Crippen molar-refractivity contribution in [3.05, 3.63) is 86.9 Å². The third-order valence-electron chi connectivity index (χ3n) is 3.29. The van der Waals surface area contributed by atoms with Crippen molar-refractivity contribution in [2.45, 2.75) is 33.2 Å². The minimum Gasteiger partial charge on any atom is -0.313 e. The van der Waals surface area contributed by atoms with Crippen LogP contribution in [-0.4, -0.2) is 9.55 Å². The lowest BCUT2D eigenvalue weighted by Gasteiger charge is -2.08. The molecule has 25 heavy (non-hydrogen) atoms. The highest BCUT2D eigenvalue weighted by molar-refractivity contribution is 8.10. The van der Waals surface area contributed by atoms with Crippen molar-refractivity contribution >= 4 is 16.7 Å². The van der Waals surface area contributed by atoms with Crippen LogP contribution in [0.15, 0.2) is 70.1 Å². The van der Waals surface area contributed by atoms with Crippen molar-refractivity contribution in [2.75, 3.05) is 0 Å². The van der Waals surface area contributed by atoms with Crippen molar-refractivity contribution < 1.29 is 4.39 Å². The van der Waals surface area contributed by atoms with E-state index in [1.165, 1.54) is 31.0 Å². The number of aromatic amines is 1. The van der Waals surface area contributed by atoms with Crippen molar-refractivity contribution in [2.24, 2.45) is 0 Å². The Labute approximate surface area is 151 Å². The molecule has 0 radical (unpaired) electrons. The summed E-state index contributed by atoms with van der Waals surface area (Å²) in [6.45, 7) is 11.0. The number of allylic oxidation sites excluding steroid dienone is 6. The van der Waals surface area contributed by atoms with E-state index in [0.29, 0.717) is 22.5 Å². The van der Waals surface area contributed by atoms with Crippen LogP contribution in [0, 0.1) is 0 Å². The zero-order valence-electron chi connectivity index (χ0n) is 14.5. The van der Waals surface area contributed by atoms with Gasteiger partial charge in [0.1, 0.15) is 0 Å². The van der Waals surface area contributed by atoms with Gasteiger partial charge in [-0.05, 0) is 36.8 Å². The van der Waals surface area contributed by atoms with Crippen molar-refractivity contribution in [3.8, 4) is 0 Å². The first kappa shape index (κ1) is 20.7. The summed E-state index contributed by atoms with van der Waals surface area (Å²) in [5.41, 5.74) is 0.0661. The minimum absolute atomic E-state index is 0.0629. The van der Waals surface area contributed by atoms with E-state index in [1.807, 2.05) is 18.4 Å². The summed E-state index contributed by atoms with van der Waals surface area (Å²) >= 11 is 1.33. The number of nitrogens with zero attached hydrogens (tertiary/aromatic N) is 1. The van der Waals surface area contributed by atoms with Crippen LogP contribution < -0.4 is 11.2 Å². The van der Waals surface area contributed by atoms with Gasteiger partial charge in [-0.1, -0.05) is 50.1 Å². The summed E-state index contributed by atoms with van der Waals surface area (Å²) in [5.74, 6) is -0.287. The fourth-order valence-electron chi connectivity index (χ4n) is 1.91. The molecule has 0 fully saturated rings. The Kier molecular flexibility index (Phi) is 8.70. The Bertz CT molecular complexity index is 825. The molecule has 1 rings (SSSR count). The summed E-state index contributed by atoms with van der Waals surface area (Å²) in [6, 6.07) is 0. The first-order chi connectivity index (χ1) is 11.9. The molecule has 134 valence electrons. The average Bonchev–Trinajstić information content (AvgIpc) is 2.56. The lowest BCUT2D eigenvalue weighted by molar-refractivity contribution is 0.636. The number of rotatable bonds is 9. The smallest absolute Gasteiger partial charge is 0.313 e. The van der Waals surface area contributed by atoms with Gasteiger partial charge in [-0.2, -0.15) is 0 Å². The second-order valence-corrected chi connectivity index (χ2v) is 6.23. The van der Waals surface area contributed by atoms with Gasteiger partial charge in [-0.3, -0.25) is 9.36 Å². The molecule has 1 aromatic rings. The van der Waals surface area contributed by atoms with Crippen LogP contribution in [0.4, 0.5) is 4.39 Å². The first-order valence-corrected chi connectivity index (χ1v) is 8.75. The van der Waals surface area contributed by atoms with Crippen LogP contribution in [0.5, 0.6) is 0 Å². The molecule has 1 aromatic heterocycles. The molecule has 0 amide bonds. The molecule has 0 spiro atoms. The first-order valence-electron chi connectivity index (χ1n) is 7.87. The maximum Gasteiger partial charge on any atom is 0.328 e. The third kappa shape index (κ3) is 6.58. The molecule has 6 heteroatoms. The molecule has 0 unspecified atom stereocenters. The molecule has 1 heterocycles. The van der Waals surface area contributed by atoms with Crippen LogP contribution in [0.3, 0.4) is 0 Å². The van der Waals surface area contributed by atoms with E-state index in [0.717, 1.165) is 11.0 Å². The third-order valence-corrected chi connectivity index (χ3v) is 4.12. The molecule has 0 atom stereocenters. The molecule has 0 aliphatic carbocycles. The zero-order valence-corrected chi connectivity index (χ0v) is 15.4. The number of halogens is 1. The number of thioether (sulfide) groups is 1. The number of H-pyrrole nitrogens is 1. The molecular weight excluding hydrogens is 339 g/mol. The van der Waals surface area contributed by atoms with Gasteiger partial charge in [0.25, 0.3) is 5.56 Å². The van der Waals surface area contributed by atoms with Gasteiger partial charge in [-0.15, -0.1) is 0 Å². The van der Waals surface area contributed by atoms with Gasteiger partial charge < -0.3 is 4.98 Å². The van der Waals surface area contributed by atoms with Gasteiger partial charge in [0.2, 0.25) is 0 Å². The highest BCUT2D eigenvalue weighted by atomic mass is 32.2. The molecule has 0 bridgehead atoms. The van der Waals surface area contributed by atoms with Crippen molar-refractivity contribution in [3.63, 3.8) is 0 Å². The lowest BCUT2D eigenvalue weighted by Crippen LogP contribution is -2.36. The SMILES string of the molecule is C=C/C(=C\C/C=C(\C)F)Cn1c(=O)[nH]cc(C(=C)S/C=C\CC)c1=O. The molecule has 0 aromatic carbocycles. The van der Waals surface area contributed by atoms with Crippen LogP contribution >= 0.6 is 11.8 Å². The van der Waals surface area contributed by atoms with Crippen LogP contribution in [0.2, 0.25) is 0 Å². The summed E-state index contributed by atoms with van der Waals surface area (Å²) in [4.78, 5) is 27.8. The minimum atomic E-state index is -0.513. The van der Waals surface area contributed by atoms with Crippen LogP contribution in [0.25, 0.3) is 4.91 Å². The van der Waals surface area contributed by atoms with E-state index in [4.69, 9.17) is 0 Å². The number of hydrogen-bond donors (Lipinski definition) is 1. The van der Waals surface area contributed by atoms with Gasteiger partial charge in [0.15, 0.2) is 0 Å². The summed E-state index contributed by atoms with van der Waals surface area (Å²) in [7, 11) is 0. The average molecular weight is 362 g/mol. The maximum atomic E-state index is 12.8. The van der Waals surface area contributed by atoms with E-state index in [-0.39, 0.29) is 12.4 Å². The molecule has 0 aliphatic heterocycles. The Balaban J connectivity index is 3.13. The maximum absolute atomic E-state index is 12.8. The monoisotopic (exact) mass is 362 g/mol. The fraction of sp³-hybridized carbons (Fsp3) is 0.263. The molecule has 1 N–H and O–H groups in total. The highest BCUT2D eigenvalue weighted by Crippen LogP contribution is 2.23. The Morgan fingerprint density at radius 1 is 1.40 bits per heavy atom. The van der Waals surface area contributed by atoms with Gasteiger partial charge >= 0.3 is 5.69 Å². The Morgan fingerprint density at radius 3 is 2.72 bits per heavy atom. The number of aromatic nitrogens is 2. The normalized spacial score (nSPS) is 12.6. The molecule has 4 nitrogen and oxygen atoms in total. The van der Waals surface area contributed by atoms with E-state index in [2.05, 4.69) is 18.1 Å². The molecule has 0 saturated heterocycles. The van der Waals surface area contributed by atoms with Crippen LogP contribution in [-0.2, 0) is 6.54 Å². The van der Waals surface area contributed by atoms with Gasteiger partial charge in [0, 0.05) is 11.1 Å². The summed E-state index contributed by atoms with van der Waals surface area (Å²) in [5, 5.41) is 1.86. The second kappa shape index (κ2) is 10.5. The topological polar surface area (TPSA) is 54.9 Å². The van der Waals surface area contributed by atoms with E-state index in [9.17, 15) is 14.0 Å². The lowest BCUT2D eigenvalue weighted by atomic mass is 10.2. The number of hydrogen-bond acceptors (Lipinski definition) is 3. The van der Waals surface area contributed by atoms with Crippen LogP contribution in [0.1, 0.15) is 32.3 Å². The van der Waals surface area contributed by atoms with Gasteiger partial charge in [-0.25, -0.2) is 9.18 Å². The van der Waals surface area contributed by atoms with Gasteiger partial charge in [0.05, 0.1) is 17.9 Å². The largest absolute Gasteiger partial charge is 0.328 e. The fourth-order valence-corrected chi connectivity index (χ4v) is 2.64. The second-order valence-electron chi connectivity index (χ2n) is 5.23. The predicted octanol–water partition coefficient (Wildman–Crippen LogP) is 4.54. The highest BCUT2D eigenvalue weighted by Gasteiger charge is 2.10. The van der Waals surface area contributed by atoms with Crippen molar-refractivity contribution in [1.82, 2.24) is 9.55 Å². The van der Waals surface area contributed by atoms with E-state index in [1.54, 1.807) is 12.2 Å². The standard InChI is InChI=1S/C19H23FN2O2S/c1-5-7-11-25-15(4)17-12-21-19(24)22(18(17)23)13-16(6-2)10-8-9-14(3)20/h6-7,9-12H,2,4-5,8,13H2,1,3H3,(H,21,24)/b11-7-,14-9+,16-10+. The quantitative estimate of drug-likeness (QED) is 0.656. The zero-order chi connectivity index (χ0) is 18.8. The Hall–Kier alpha value is -2.34. The predicted molar refractivity (Wildman–Crippen MR) is 105 cm³/mol. The summed E-state index contributed by atoms with van der Waals surface area (Å²) < 4.78 is 13.8. The van der Waals surface area contributed by atoms with E-state index < -0.39 is 11.2 Å².